The van der Waals surface area contributed by atoms with Crippen molar-refractivity contribution in [3.8, 4) is 0 Å². The SMILES string of the molecule is CN1CC=C[C@@H]2S[C@]34C=CCN(C(C)(C)C)C(=O)C3N([C@@H](CO)Cc3ccccc3)C(=O)[C@@H]4[C@@H]2C1=O. The number of rotatable bonds is 4. The van der Waals surface area contributed by atoms with Gasteiger partial charge in [-0.1, -0.05) is 54.6 Å². The zero-order valence-electron chi connectivity index (χ0n) is 21.3. The molecule has 4 aliphatic heterocycles. The lowest BCUT2D eigenvalue weighted by Gasteiger charge is -2.42. The fourth-order valence-electron chi connectivity index (χ4n) is 6.34. The molecule has 2 saturated heterocycles. The Morgan fingerprint density at radius 3 is 2.44 bits per heavy atom. The summed E-state index contributed by atoms with van der Waals surface area (Å²) in [7, 11) is 1.76. The summed E-state index contributed by atoms with van der Waals surface area (Å²) in [6.45, 7) is 6.67. The Morgan fingerprint density at radius 1 is 1.06 bits per heavy atom. The van der Waals surface area contributed by atoms with Crippen LogP contribution in [0.1, 0.15) is 26.3 Å². The Labute approximate surface area is 217 Å². The summed E-state index contributed by atoms with van der Waals surface area (Å²) in [5.41, 5.74) is 0.538. The van der Waals surface area contributed by atoms with E-state index < -0.39 is 34.2 Å². The van der Waals surface area contributed by atoms with Crippen molar-refractivity contribution in [1.82, 2.24) is 14.7 Å². The summed E-state index contributed by atoms with van der Waals surface area (Å²) in [5, 5.41) is 10.4. The molecule has 6 atom stereocenters. The molecule has 3 amide bonds. The average molecular weight is 510 g/mol. The van der Waals surface area contributed by atoms with Gasteiger partial charge in [0.15, 0.2) is 0 Å². The van der Waals surface area contributed by atoms with Crippen molar-refractivity contribution in [1.29, 1.82) is 0 Å². The molecule has 192 valence electrons. The smallest absolute Gasteiger partial charge is 0.247 e. The Morgan fingerprint density at radius 2 is 1.78 bits per heavy atom. The van der Waals surface area contributed by atoms with Gasteiger partial charge in [0.25, 0.3) is 0 Å². The zero-order valence-corrected chi connectivity index (χ0v) is 22.1. The predicted molar refractivity (Wildman–Crippen MR) is 140 cm³/mol. The van der Waals surface area contributed by atoms with Crippen molar-refractivity contribution in [2.24, 2.45) is 11.8 Å². The van der Waals surface area contributed by atoms with E-state index in [1.165, 1.54) is 0 Å². The van der Waals surface area contributed by atoms with E-state index in [0.29, 0.717) is 19.5 Å². The topological polar surface area (TPSA) is 81.2 Å². The van der Waals surface area contributed by atoms with Gasteiger partial charge in [0.1, 0.15) is 6.04 Å². The third-order valence-electron chi connectivity index (χ3n) is 8.03. The van der Waals surface area contributed by atoms with E-state index in [1.54, 1.807) is 28.6 Å². The number of carbonyl (C=O) groups excluding carboxylic acids is 3. The van der Waals surface area contributed by atoms with E-state index in [0.717, 1.165) is 5.56 Å². The third-order valence-corrected chi connectivity index (χ3v) is 9.77. The standard InChI is InChI=1S/C28H35N3O4S/c1-27(2,3)30-15-9-13-28-22(21-20(36-28)12-8-14-29(4)24(21)33)25(34)31(23(28)26(30)35)19(17-32)16-18-10-6-5-7-11-18/h5-13,19-23,32H,14-17H2,1-4H3/t19-,20+,21-,22+,23?,28+/m1/s1. The van der Waals surface area contributed by atoms with Crippen LogP contribution in [0.25, 0.3) is 0 Å². The Hall–Kier alpha value is -2.58. The molecule has 0 radical (unpaired) electrons. The maximum absolute atomic E-state index is 14.4. The first-order valence-corrected chi connectivity index (χ1v) is 13.5. The minimum atomic E-state index is -0.869. The molecule has 5 rings (SSSR count). The van der Waals surface area contributed by atoms with Crippen LogP contribution in [0.2, 0.25) is 0 Å². The van der Waals surface area contributed by atoms with Gasteiger partial charge >= 0.3 is 0 Å². The summed E-state index contributed by atoms with van der Waals surface area (Å²) in [6, 6.07) is 8.36. The molecular weight excluding hydrogens is 474 g/mol. The maximum Gasteiger partial charge on any atom is 0.247 e. The fourth-order valence-corrected chi connectivity index (χ4v) is 8.33. The van der Waals surface area contributed by atoms with Gasteiger partial charge in [-0.15, -0.1) is 11.8 Å². The van der Waals surface area contributed by atoms with Crippen LogP contribution in [0.5, 0.6) is 0 Å². The van der Waals surface area contributed by atoms with Gasteiger partial charge in [0.2, 0.25) is 17.7 Å². The van der Waals surface area contributed by atoms with Crippen molar-refractivity contribution in [3.05, 3.63) is 60.2 Å². The molecule has 0 bridgehead atoms. The molecular formula is C28H35N3O4S. The number of hydrogen-bond donors (Lipinski definition) is 1. The lowest BCUT2D eigenvalue weighted by Crippen LogP contribution is -2.59. The van der Waals surface area contributed by atoms with Crippen molar-refractivity contribution in [2.45, 2.75) is 54.8 Å². The molecule has 1 unspecified atom stereocenters. The summed E-state index contributed by atoms with van der Waals surface area (Å²) in [4.78, 5) is 47.4. The number of hydrogen-bond acceptors (Lipinski definition) is 5. The second-order valence-corrected chi connectivity index (χ2v) is 12.8. The normalized spacial score (nSPS) is 32.8. The number of likely N-dealkylation sites (N-methyl/N-ethyl adjacent to an activating group) is 1. The van der Waals surface area contributed by atoms with Crippen molar-refractivity contribution in [3.63, 3.8) is 0 Å². The minimum Gasteiger partial charge on any atom is -0.394 e. The Bertz CT molecular complexity index is 1110. The first-order valence-electron chi connectivity index (χ1n) is 12.7. The molecule has 36 heavy (non-hydrogen) atoms. The van der Waals surface area contributed by atoms with E-state index in [-0.39, 0.29) is 29.6 Å². The van der Waals surface area contributed by atoms with Crippen LogP contribution in [0, 0.1) is 11.8 Å². The Balaban J connectivity index is 1.64. The van der Waals surface area contributed by atoms with E-state index in [2.05, 4.69) is 0 Å². The number of aliphatic hydroxyl groups is 1. The number of thioether (sulfide) groups is 1. The van der Waals surface area contributed by atoms with Gasteiger partial charge < -0.3 is 19.8 Å². The molecule has 0 aromatic heterocycles. The van der Waals surface area contributed by atoms with Gasteiger partial charge in [0.05, 0.1) is 29.2 Å². The quantitative estimate of drug-likeness (QED) is 0.629. The number of benzene rings is 1. The first kappa shape index (κ1) is 25.1. The molecule has 4 aliphatic rings. The molecule has 4 heterocycles. The number of nitrogens with zero attached hydrogens (tertiary/aromatic N) is 3. The summed E-state index contributed by atoms with van der Waals surface area (Å²) in [5.74, 6) is -1.60. The van der Waals surface area contributed by atoms with Gasteiger partial charge in [-0.2, -0.15) is 0 Å². The molecule has 0 saturated carbocycles. The van der Waals surface area contributed by atoms with Crippen molar-refractivity contribution >= 4 is 29.5 Å². The second kappa shape index (κ2) is 9.06. The molecule has 8 heteroatoms. The highest BCUT2D eigenvalue weighted by molar-refractivity contribution is 8.02. The molecule has 2 fully saturated rings. The maximum atomic E-state index is 14.4. The van der Waals surface area contributed by atoms with Crippen LogP contribution >= 0.6 is 11.8 Å². The van der Waals surface area contributed by atoms with Gasteiger partial charge in [-0.25, -0.2) is 0 Å². The van der Waals surface area contributed by atoms with Gasteiger partial charge in [0, 0.05) is 30.9 Å². The molecule has 1 aromatic carbocycles. The largest absolute Gasteiger partial charge is 0.394 e. The average Bonchev–Trinajstić information content (AvgIpc) is 3.16. The molecule has 1 spiro atoms. The van der Waals surface area contributed by atoms with Crippen LogP contribution in [-0.4, -0.2) is 91.9 Å². The number of fused-ring (bicyclic) bond motifs is 2. The van der Waals surface area contributed by atoms with E-state index in [9.17, 15) is 19.5 Å². The summed E-state index contributed by atoms with van der Waals surface area (Å²) >= 11 is 1.57. The monoisotopic (exact) mass is 509 g/mol. The van der Waals surface area contributed by atoms with E-state index in [1.807, 2.05) is 80.3 Å². The van der Waals surface area contributed by atoms with Crippen LogP contribution in [-0.2, 0) is 20.8 Å². The number of carbonyl (C=O) groups is 3. The lowest BCUT2D eigenvalue weighted by atomic mass is 9.78. The molecule has 1 aromatic rings. The van der Waals surface area contributed by atoms with Gasteiger partial charge in [-0.05, 0) is 32.8 Å². The second-order valence-electron chi connectivity index (χ2n) is 11.3. The van der Waals surface area contributed by atoms with Crippen molar-refractivity contribution in [2.75, 3.05) is 26.7 Å². The fraction of sp³-hybridized carbons (Fsp3) is 0.536. The zero-order chi connectivity index (χ0) is 25.8. The highest BCUT2D eigenvalue weighted by Crippen LogP contribution is 2.61. The molecule has 7 nitrogen and oxygen atoms in total. The Kier molecular flexibility index (Phi) is 6.32. The third kappa shape index (κ3) is 3.80. The highest BCUT2D eigenvalue weighted by Gasteiger charge is 2.71. The van der Waals surface area contributed by atoms with Gasteiger partial charge in [-0.3, -0.25) is 14.4 Å². The first-order chi connectivity index (χ1) is 17.1. The van der Waals surface area contributed by atoms with Crippen LogP contribution in [0.3, 0.4) is 0 Å². The van der Waals surface area contributed by atoms with E-state index >= 15 is 0 Å². The van der Waals surface area contributed by atoms with E-state index in [4.69, 9.17) is 0 Å². The summed E-state index contributed by atoms with van der Waals surface area (Å²) in [6.07, 6.45) is 8.48. The van der Waals surface area contributed by atoms with Crippen LogP contribution in [0.15, 0.2) is 54.6 Å². The van der Waals surface area contributed by atoms with Crippen molar-refractivity contribution < 1.29 is 19.5 Å². The van der Waals surface area contributed by atoms with Crippen LogP contribution < -0.4 is 0 Å². The molecule has 0 aliphatic carbocycles. The number of likely N-dealkylation sites (tertiary alicyclic amines) is 1. The lowest BCUT2D eigenvalue weighted by molar-refractivity contribution is -0.148. The summed E-state index contributed by atoms with van der Waals surface area (Å²) < 4.78 is -0.869. The van der Waals surface area contributed by atoms with Crippen LogP contribution in [0.4, 0.5) is 0 Å². The predicted octanol–water partition coefficient (Wildman–Crippen LogP) is 2.11. The highest BCUT2D eigenvalue weighted by atomic mass is 32.2. The minimum absolute atomic E-state index is 0.0605. The number of aliphatic hydroxyl groups excluding tert-OH is 1. The molecule has 1 N–H and O–H groups in total. The number of amides is 3.